The molecule has 21 heavy (non-hydrogen) atoms. The molecule has 7 nitrogen and oxygen atoms in total. The SMILES string of the molecule is C=CCNc1nnc(SC(C)C(=O)Nc2ncccn2)s1. The molecule has 0 bridgehead atoms. The monoisotopic (exact) mass is 322 g/mol. The Bertz CT molecular complexity index is 603. The topological polar surface area (TPSA) is 92.7 Å². The van der Waals surface area contributed by atoms with Crippen molar-refractivity contribution in [2.24, 2.45) is 0 Å². The molecule has 2 aromatic rings. The van der Waals surface area contributed by atoms with Crippen LogP contribution in [-0.2, 0) is 4.79 Å². The van der Waals surface area contributed by atoms with Crippen molar-refractivity contribution in [3.63, 3.8) is 0 Å². The molecule has 0 aromatic carbocycles. The van der Waals surface area contributed by atoms with Gasteiger partial charge in [-0.25, -0.2) is 9.97 Å². The summed E-state index contributed by atoms with van der Waals surface area (Å²) < 4.78 is 0.721. The van der Waals surface area contributed by atoms with Gasteiger partial charge < -0.3 is 5.32 Å². The first-order valence-corrected chi connectivity index (χ1v) is 7.81. The van der Waals surface area contributed by atoms with E-state index in [9.17, 15) is 4.79 Å². The molecule has 2 aromatic heterocycles. The second kappa shape index (κ2) is 7.70. The van der Waals surface area contributed by atoms with Crippen LogP contribution < -0.4 is 10.6 Å². The zero-order chi connectivity index (χ0) is 15.1. The predicted octanol–water partition coefficient (Wildman–Crippen LogP) is 2.05. The lowest BCUT2D eigenvalue weighted by Crippen LogP contribution is -2.23. The summed E-state index contributed by atoms with van der Waals surface area (Å²) in [6.07, 6.45) is 4.88. The van der Waals surface area contributed by atoms with Crippen molar-refractivity contribution in [3.05, 3.63) is 31.1 Å². The van der Waals surface area contributed by atoms with Crippen LogP contribution in [0.25, 0.3) is 0 Å². The van der Waals surface area contributed by atoms with E-state index in [1.54, 1.807) is 31.5 Å². The molecule has 0 saturated carbocycles. The fraction of sp³-hybridized carbons (Fsp3) is 0.250. The first-order valence-electron chi connectivity index (χ1n) is 6.12. The van der Waals surface area contributed by atoms with Crippen molar-refractivity contribution in [1.82, 2.24) is 20.2 Å². The van der Waals surface area contributed by atoms with Gasteiger partial charge in [-0.15, -0.1) is 16.8 Å². The summed E-state index contributed by atoms with van der Waals surface area (Å²) in [6, 6.07) is 1.69. The summed E-state index contributed by atoms with van der Waals surface area (Å²) in [4.78, 5) is 19.9. The summed E-state index contributed by atoms with van der Waals surface area (Å²) in [5.74, 6) is 0.113. The summed E-state index contributed by atoms with van der Waals surface area (Å²) in [7, 11) is 0. The van der Waals surface area contributed by atoms with E-state index in [4.69, 9.17) is 0 Å². The Labute approximate surface area is 130 Å². The molecule has 2 heterocycles. The zero-order valence-corrected chi connectivity index (χ0v) is 12.9. The molecule has 0 fully saturated rings. The average Bonchev–Trinajstić information content (AvgIpc) is 2.93. The molecule has 0 aliphatic carbocycles. The van der Waals surface area contributed by atoms with E-state index < -0.39 is 0 Å². The third kappa shape index (κ3) is 4.80. The Kier molecular flexibility index (Phi) is 5.64. The summed E-state index contributed by atoms with van der Waals surface area (Å²) in [5, 5.41) is 14.1. The van der Waals surface area contributed by atoms with Crippen LogP contribution in [0.3, 0.4) is 0 Å². The van der Waals surface area contributed by atoms with Crippen LogP contribution in [0.2, 0.25) is 0 Å². The number of hydrogen-bond acceptors (Lipinski definition) is 8. The van der Waals surface area contributed by atoms with Crippen LogP contribution in [-0.4, -0.2) is 37.9 Å². The molecule has 0 aliphatic rings. The number of carbonyl (C=O) groups is 1. The molecular weight excluding hydrogens is 308 g/mol. The summed E-state index contributed by atoms with van der Waals surface area (Å²) >= 11 is 2.73. The Morgan fingerprint density at radius 3 is 2.95 bits per heavy atom. The molecule has 0 saturated heterocycles. The molecule has 0 radical (unpaired) electrons. The number of hydrogen-bond donors (Lipinski definition) is 2. The summed E-state index contributed by atoms with van der Waals surface area (Å²) in [5.41, 5.74) is 0. The van der Waals surface area contributed by atoms with E-state index in [0.29, 0.717) is 17.6 Å². The molecule has 1 unspecified atom stereocenters. The number of nitrogens with zero attached hydrogens (tertiary/aromatic N) is 4. The van der Waals surface area contributed by atoms with Crippen LogP contribution >= 0.6 is 23.1 Å². The number of rotatable bonds is 7. The third-order valence-corrected chi connectivity index (χ3v) is 4.32. The number of amides is 1. The molecule has 2 rings (SSSR count). The number of anilines is 2. The second-order valence-electron chi connectivity index (χ2n) is 3.86. The minimum Gasteiger partial charge on any atom is -0.357 e. The lowest BCUT2D eigenvalue weighted by molar-refractivity contribution is -0.115. The molecule has 9 heteroatoms. The van der Waals surface area contributed by atoms with Crippen molar-refractivity contribution in [1.29, 1.82) is 0 Å². The van der Waals surface area contributed by atoms with Gasteiger partial charge in [0, 0.05) is 18.9 Å². The average molecular weight is 322 g/mol. The van der Waals surface area contributed by atoms with Gasteiger partial charge in [0.15, 0.2) is 4.34 Å². The van der Waals surface area contributed by atoms with E-state index in [0.717, 1.165) is 4.34 Å². The zero-order valence-electron chi connectivity index (χ0n) is 11.3. The lowest BCUT2D eigenvalue weighted by atomic mass is 10.4. The van der Waals surface area contributed by atoms with E-state index in [-0.39, 0.29) is 11.2 Å². The van der Waals surface area contributed by atoms with Gasteiger partial charge in [0.25, 0.3) is 0 Å². The van der Waals surface area contributed by atoms with Gasteiger partial charge in [0.2, 0.25) is 17.0 Å². The predicted molar refractivity (Wildman–Crippen MR) is 84.6 cm³/mol. The number of nitrogens with one attached hydrogen (secondary N) is 2. The maximum absolute atomic E-state index is 12.0. The van der Waals surface area contributed by atoms with E-state index in [2.05, 4.69) is 37.4 Å². The Morgan fingerprint density at radius 2 is 2.24 bits per heavy atom. The fourth-order valence-electron chi connectivity index (χ4n) is 1.27. The van der Waals surface area contributed by atoms with Gasteiger partial charge in [-0.05, 0) is 13.0 Å². The van der Waals surface area contributed by atoms with Gasteiger partial charge in [-0.1, -0.05) is 29.2 Å². The molecule has 2 N–H and O–H groups in total. The van der Waals surface area contributed by atoms with Crippen molar-refractivity contribution < 1.29 is 4.79 Å². The van der Waals surface area contributed by atoms with Crippen molar-refractivity contribution in [2.75, 3.05) is 17.2 Å². The Hall–Kier alpha value is -2.00. The molecule has 1 amide bonds. The largest absolute Gasteiger partial charge is 0.357 e. The normalized spacial score (nSPS) is 11.7. The molecule has 110 valence electrons. The van der Waals surface area contributed by atoms with Crippen LogP contribution in [0.4, 0.5) is 11.1 Å². The molecule has 0 aliphatic heterocycles. The van der Waals surface area contributed by atoms with Gasteiger partial charge in [-0.2, -0.15) is 0 Å². The van der Waals surface area contributed by atoms with E-state index in [1.165, 1.54) is 23.1 Å². The number of aromatic nitrogens is 4. The lowest BCUT2D eigenvalue weighted by Gasteiger charge is -2.08. The van der Waals surface area contributed by atoms with E-state index in [1.807, 2.05) is 0 Å². The third-order valence-electron chi connectivity index (χ3n) is 2.25. The second-order valence-corrected chi connectivity index (χ2v) is 6.43. The maximum Gasteiger partial charge on any atom is 0.240 e. The van der Waals surface area contributed by atoms with Crippen molar-refractivity contribution >= 4 is 40.1 Å². The minimum absolute atomic E-state index is 0.179. The van der Waals surface area contributed by atoms with Gasteiger partial charge in [-0.3, -0.25) is 10.1 Å². The Balaban J connectivity index is 1.88. The maximum atomic E-state index is 12.0. The molecule has 0 spiro atoms. The molecule has 1 atom stereocenters. The van der Waals surface area contributed by atoms with Crippen LogP contribution in [0, 0.1) is 0 Å². The minimum atomic E-state index is -0.325. The van der Waals surface area contributed by atoms with E-state index >= 15 is 0 Å². The molecular formula is C12H14N6OS2. The Morgan fingerprint density at radius 1 is 1.48 bits per heavy atom. The highest BCUT2D eigenvalue weighted by atomic mass is 32.2. The van der Waals surface area contributed by atoms with Gasteiger partial charge in [0.05, 0.1) is 5.25 Å². The fourth-order valence-corrected chi connectivity index (χ4v) is 3.17. The standard InChI is InChI=1S/C12H14N6OS2/c1-3-5-15-11-17-18-12(21-11)20-8(2)9(19)16-10-13-6-4-7-14-10/h3-4,6-8H,1,5H2,2H3,(H,15,17)(H,13,14,16,19). The smallest absolute Gasteiger partial charge is 0.240 e. The van der Waals surface area contributed by atoms with Gasteiger partial charge >= 0.3 is 0 Å². The number of carbonyl (C=O) groups excluding carboxylic acids is 1. The van der Waals surface area contributed by atoms with Crippen LogP contribution in [0.5, 0.6) is 0 Å². The van der Waals surface area contributed by atoms with Crippen LogP contribution in [0.15, 0.2) is 35.5 Å². The first kappa shape index (κ1) is 15.4. The summed E-state index contributed by atoms with van der Waals surface area (Å²) in [6.45, 7) is 6.04. The van der Waals surface area contributed by atoms with Crippen molar-refractivity contribution in [3.8, 4) is 0 Å². The van der Waals surface area contributed by atoms with Gasteiger partial charge in [0.1, 0.15) is 0 Å². The van der Waals surface area contributed by atoms with Crippen molar-refractivity contribution in [2.45, 2.75) is 16.5 Å². The first-order chi connectivity index (χ1) is 10.2. The highest BCUT2D eigenvalue weighted by Crippen LogP contribution is 2.29. The quantitative estimate of drug-likeness (QED) is 0.595. The van der Waals surface area contributed by atoms with Crippen LogP contribution in [0.1, 0.15) is 6.92 Å². The number of thioether (sulfide) groups is 1. The highest BCUT2D eigenvalue weighted by Gasteiger charge is 2.18. The highest BCUT2D eigenvalue weighted by molar-refractivity contribution is 8.02.